The van der Waals surface area contributed by atoms with Gasteiger partial charge in [0.2, 0.25) is 0 Å². The van der Waals surface area contributed by atoms with Gasteiger partial charge in [-0.1, -0.05) is 49.6 Å². The summed E-state index contributed by atoms with van der Waals surface area (Å²) in [6.45, 7) is 7.22. The Kier molecular flexibility index (Phi) is 4.76. The molecule has 0 saturated heterocycles. The van der Waals surface area contributed by atoms with Gasteiger partial charge < -0.3 is 10.5 Å². The lowest BCUT2D eigenvalue weighted by molar-refractivity contribution is -0.140. The van der Waals surface area contributed by atoms with E-state index in [1.54, 1.807) is 0 Å². The van der Waals surface area contributed by atoms with Crippen molar-refractivity contribution in [3.63, 3.8) is 0 Å². The molecule has 0 aliphatic carbocycles. The zero-order chi connectivity index (χ0) is 12.7. The van der Waals surface area contributed by atoms with E-state index in [1.165, 1.54) is 12.2 Å². The van der Waals surface area contributed by atoms with Gasteiger partial charge in [0, 0.05) is 5.70 Å². The number of esters is 1. The third-order valence-corrected chi connectivity index (χ3v) is 2.06. The first-order valence-corrected chi connectivity index (χ1v) is 5.13. The summed E-state index contributed by atoms with van der Waals surface area (Å²) in [7, 11) is 0. The largest absolute Gasteiger partial charge is 0.457 e. The van der Waals surface area contributed by atoms with Crippen molar-refractivity contribution in [3.05, 3.63) is 72.5 Å². The van der Waals surface area contributed by atoms with Gasteiger partial charge in [-0.15, -0.1) is 0 Å². The highest BCUT2D eigenvalue weighted by Gasteiger charge is 2.11. The molecule has 0 aliphatic rings. The molecule has 0 atom stereocenters. The number of allylic oxidation sites excluding steroid dienone is 2. The molecule has 3 heteroatoms. The zero-order valence-electron chi connectivity index (χ0n) is 9.56. The maximum atomic E-state index is 11.7. The lowest BCUT2D eigenvalue weighted by Gasteiger charge is -2.07. The first-order valence-electron chi connectivity index (χ1n) is 5.13. The second-order valence-corrected chi connectivity index (χ2v) is 3.40. The van der Waals surface area contributed by atoms with Crippen molar-refractivity contribution in [2.75, 3.05) is 0 Å². The Morgan fingerprint density at radius 3 is 2.53 bits per heavy atom. The minimum atomic E-state index is -0.499. The molecule has 0 radical (unpaired) electrons. The van der Waals surface area contributed by atoms with Gasteiger partial charge in [0.15, 0.2) is 0 Å². The number of hydrogen-bond acceptors (Lipinski definition) is 3. The molecule has 0 unspecified atom stereocenters. The van der Waals surface area contributed by atoms with Crippen molar-refractivity contribution < 1.29 is 9.53 Å². The Bertz CT molecular complexity index is 447. The van der Waals surface area contributed by atoms with Crippen LogP contribution in [0.5, 0.6) is 0 Å². The minimum Gasteiger partial charge on any atom is -0.457 e. The Morgan fingerprint density at radius 1 is 1.35 bits per heavy atom. The number of rotatable bonds is 5. The number of carbonyl (C=O) groups is 1. The summed E-state index contributed by atoms with van der Waals surface area (Å²) in [5, 5.41) is 0. The minimum absolute atomic E-state index is 0.169. The molecule has 0 aromatic heterocycles. The average molecular weight is 229 g/mol. The lowest BCUT2D eigenvalue weighted by Crippen LogP contribution is -2.13. The van der Waals surface area contributed by atoms with E-state index in [-0.39, 0.29) is 17.9 Å². The molecule has 0 heterocycles. The van der Waals surface area contributed by atoms with E-state index in [1.807, 2.05) is 30.3 Å². The smallest absolute Gasteiger partial charge is 0.340 e. The van der Waals surface area contributed by atoms with Crippen LogP contribution >= 0.6 is 0 Å². The predicted molar refractivity (Wildman–Crippen MR) is 67.8 cm³/mol. The topological polar surface area (TPSA) is 52.3 Å². The summed E-state index contributed by atoms with van der Waals surface area (Å²) in [6, 6.07) is 9.41. The summed E-state index contributed by atoms with van der Waals surface area (Å²) in [5.74, 6) is -0.499. The monoisotopic (exact) mass is 229 g/mol. The molecule has 0 fully saturated rings. The van der Waals surface area contributed by atoms with Crippen LogP contribution in [0, 0.1) is 0 Å². The summed E-state index contributed by atoms with van der Waals surface area (Å²) < 4.78 is 5.11. The van der Waals surface area contributed by atoms with Gasteiger partial charge in [-0.25, -0.2) is 4.79 Å². The van der Waals surface area contributed by atoms with E-state index in [4.69, 9.17) is 10.5 Å². The molecule has 0 aliphatic heterocycles. The zero-order valence-corrected chi connectivity index (χ0v) is 9.56. The third kappa shape index (κ3) is 3.99. The highest BCUT2D eigenvalue weighted by atomic mass is 16.5. The van der Waals surface area contributed by atoms with E-state index in [0.29, 0.717) is 0 Å². The van der Waals surface area contributed by atoms with Crippen molar-refractivity contribution in [1.29, 1.82) is 0 Å². The second kappa shape index (κ2) is 6.33. The van der Waals surface area contributed by atoms with Crippen LogP contribution < -0.4 is 5.73 Å². The quantitative estimate of drug-likeness (QED) is 0.479. The fourth-order valence-electron chi connectivity index (χ4n) is 1.22. The average Bonchev–Trinajstić information content (AvgIpc) is 2.34. The van der Waals surface area contributed by atoms with E-state index in [0.717, 1.165) is 5.56 Å². The molecule has 17 heavy (non-hydrogen) atoms. The molecule has 0 amide bonds. The van der Waals surface area contributed by atoms with Crippen LogP contribution in [0.2, 0.25) is 0 Å². The highest BCUT2D eigenvalue weighted by molar-refractivity contribution is 5.93. The first-order chi connectivity index (χ1) is 8.15. The molecule has 88 valence electrons. The van der Waals surface area contributed by atoms with E-state index in [9.17, 15) is 4.79 Å². The number of hydrogen-bond donors (Lipinski definition) is 1. The van der Waals surface area contributed by atoms with Crippen molar-refractivity contribution in [2.24, 2.45) is 5.73 Å². The summed E-state index contributed by atoms with van der Waals surface area (Å²) in [6.07, 6.45) is 2.95. The van der Waals surface area contributed by atoms with Gasteiger partial charge in [-0.2, -0.15) is 0 Å². The molecule has 0 saturated carbocycles. The van der Waals surface area contributed by atoms with E-state index >= 15 is 0 Å². The standard InChI is InChI=1S/C14H15NO2/c1-3-7-13(11(2)15)14(16)17-10-12-8-5-4-6-9-12/h3-9H,1-2,10,15H2/b13-7+. The number of carbonyl (C=O) groups excluding carboxylic acids is 1. The van der Waals surface area contributed by atoms with Crippen LogP contribution in [-0.4, -0.2) is 5.97 Å². The second-order valence-electron chi connectivity index (χ2n) is 3.40. The Balaban J connectivity index is 2.63. The molecule has 0 spiro atoms. The summed E-state index contributed by atoms with van der Waals surface area (Å²) in [5.41, 5.74) is 6.80. The van der Waals surface area contributed by atoms with Crippen LogP contribution in [-0.2, 0) is 16.1 Å². The molecular formula is C14H15NO2. The van der Waals surface area contributed by atoms with Crippen molar-refractivity contribution in [1.82, 2.24) is 0 Å². The Labute approximate surface area is 101 Å². The van der Waals surface area contributed by atoms with Crippen LogP contribution in [0.15, 0.2) is 66.9 Å². The van der Waals surface area contributed by atoms with Crippen molar-refractivity contribution in [3.8, 4) is 0 Å². The lowest BCUT2D eigenvalue weighted by atomic mass is 10.2. The maximum Gasteiger partial charge on any atom is 0.340 e. The molecule has 1 rings (SSSR count). The highest BCUT2D eigenvalue weighted by Crippen LogP contribution is 2.08. The SMILES string of the molecule is C=C/C=C(\C(=C)N)C(=O)OCc1ccccc1. The van der Waals surface area contributed by atoms with Gasteiger partial charge in [0.05, 0.1) is 5.57 Å². The Hall–Kier alpha value is -2.29. The first kappa shape index (κ1) is 12.8. The molecular weight excluding hydrogens is 214 g/mol. The van der Waals surface area contributed by atoms with E-state index in [2.05, 4.69) is 13.2 Å². The van der Waals surface area contributed by atoms with Gasteiger partial charge in [0.25, 0.3) is 0 Å². The molecule has 0 bridgehead atoms. The molecule has 2 N–H and O–H groups in total. The molecule has 3 nitrogen and oxygen atoms in total. The summed E-state index contributed by atoms with van der Waals surface area (Å²) in [4.78, 5) is 11.7. The summed E-state index contributed by atoms with van der Waals surface area (Å²) >= 11 is 0. The predicted octanol–water partition coefficient (Wildman–Crippen LogP) is 2.31. The fourth-order valence-corrected chi connectivity index (χ4v) is 1.22. The number of ether oxygens (including phenoxy) is 1. The van der Waals surface area contributed by atoms with Gasteiger partial charge >= 0.3 is 5.97 Å². The van der Waals surface area contributed by atoms with Crippen molar-refractivity contribution in [2.45, 2.75) is 6.61 Å². The van der Waals surface area contributed by atoms with Crippen molar-refractivity contribution >= 4 is 5.97 Å². The molecule has 1 aromatic rings. The number of nitrogens with two attached hydrogens (primary N) is 1. The van der Waals surface area contributed by atoms with E-state index < -0.39 is 5.97 Å². The van der Waals surface area contributed by atoms with Crippen LogP contribution in [0.3, 0.4) is 0 Å². The van der Waals surface area contributed by atoms with Gasteiger partial charge in [0.1, 0.15) is 6.61 Å². The fraction of sp³-hybridized carbons (Fsp3) is 0.0714. The number of benzene rings is 1. The Morgan fingerprint density at radius 2 is 2.00 bits per heavy atom. The van der Waals surface area contributed by atoms with Crippen LogP contribution in [0.25, 0.3) is 0 Å². The van der Waals surface area contributed by atoms with Crippen LogP contribution in [0.1, 0.15) is 5.56 Å². The van der Waals surface area contributed by atoms with Crippen LogP contribution in [0.4, 0.5) is 0 Å². The normalized spacial score (nSPS) is 10.7. The van der Waals surface area contributed by atoms with Gasteiger partial charge in [-0.3, -0.25) is 0 Å². The third-order valence-electron chi connectivity index (χ3n) is 2.06. The maximum absolute atomic E-state index is 11.7. The molecule has 1 aromatic carbocycles. The van der Waals surface area contributed by atoms with Gasteiger partial charge in [-0.05, 0) is 11.6 Å².